The number of aromatic nitrogens is 2. The van der Waals surface area contributed by atoms with Gasteiger partial charge < -0.3 is 0 Å². The largest absolute Gasteiger partial charge is 0.275 e. The summed E-state index contributed by atoms with van der Waals surface area (Å²) in [4.78, 5) is 13.6. The summed E-state index contributed by atoms with van der Waals surface area (Å²) in [5, 5.41) is 4.25. The highest BCUT2D eigenvalue weighted by molar-refractivity contribution is 7.90. The first-order valence-electron chi connectivity index (χ1n) is 10.1. The van der Waals surface area contributed by atoms with Gasteiger partial charge in [-0.3, -0.25) is 4.79 Å². The first-order chi connectivity index (χ1) is 15.7. The fourth-order valence-corrected chi connectivity index (χ4v) is 4.37. The molecule has 0 aliphatic heterocycles. The van der Waals surface area contributed by atoms with Crippen molar-refractivity contribution in [3.63, 3.8) is 0 Å². The summed E-state index contributed by atoms with van der Waals surface area (Å²) in [6, 6.07) is 20.0. The molecule has 0 N–H and O–H groups in total. The third kappa shape index (κ3) is 5.05. The van der Waals surface area contributed by atoms with Crippen molar-refractivity contribution in [1.82, 2.24) is 9.78 Å². The molecule has 3 aromatic carbocycles. The highest BCUT2D eigenvalue weighted by Crippen LogP contribution is 2.31. The fraction of sp³-hybridized carbons (Fsp3) is 0.120. The Bertz CT molecular complexity index is 1470. The number of benzene rings is 3. The van der Waals surface area contributed by atoms with Crippen molar-refractivity contribution in [2.75, 3.05) is 6.26 Å². The van der Waals surface area contributed by atoms with Crippen molar-refractivity contribution in [2.45, 2.75) is 17.9 Å². The van der Waals surface area contributed by atoms with Crippen molar-refractivity contribution in [1.29, 1.82) is 0 Å². The molecule has 0 unspecified atom stereocenters. The van der Waals surface area contributed by atoms with E-state index < -0.39 is 15.7 Å². The molecule has 8 heteroatoms. The predicted molar refractivity (Wildman–Crippen MR) is 128 cm³/mol. The molecule has 0 aliphatic carbocycles. The molecule has 0 spiro atoms. The van der Waals surface area contributed by atoms with Crippen LogP contribution in [-0.2, 0) is 22.8 Å². The molecule has 0 bridgehead atoms. The molecule has 1 aromatic heterocycles. The Hall–Kier alpha value is -3.29. The molecular weight excluding hydrogens is 463 g/mol. The zero-order valence-electron chi connectivity index (χ0n) is 17.7. The van der Waals surface area contributed by atoms with Crippen LogP contribution in [0.5, 0.6) is 0 Å². The monoisotopic (exact) mass is 482 g/mol. The van der Waals surface area contributed by atoms with Crippen LogP contribution in [0.2, 0.25) is 5.02 Å². The molecule has 0 saturated carbocycles. The lowest BCUT2D eigenvalue weighted by atomic mass is 9.97. The van der Waals surface area contributed by atoms with E-state index in [4.69, 9.17) is 11.6 Å². The Labute approximate surface area is 196 Å². The van der Waals surface area contributed by atoms with Gasteiger partial charge in [-0.05, 0) is 47.4 Å². The molecule has 5 nitrogen and oxygen atoms in total. The molecule has 0 atom stereocenters. The fourth-order valence-electron chi connectivity index (χ4n) is 3.56. The van der Waals surface area contributed by atoms with Crippen LogP contribution in [0.25, 0.3) is 22.3 Å². The summed E-state index contributed by atoms with van der Waals surface area (Å²) >= 11 is 6.00. The van der Waals surface area contributed by atoms with Gasteiger partial charge in [0.05, 0.1) is 21.7 Å². The lowest BCUT2D eigenvalue weighted by Gasteiger charge is -2.13. The van der Waals surface area contributed by atoms with E-state index in [2.05, 4.69) is 5.10 Å². The first-order valence-corrected chi connectivity index (χ1v) is 12.4. The molecule has 0 saturated heterocycles. The average molecular weight is 483 g/mol. The molecule has 0 aliphatic rings. The summed E-state index contributed by atoms with van der Waals surface area (Å²) in [6.07, 6.45) is 3.30. The molecule has 0 amide bonds. The molecule has 33 heavy (non-hydrogen) atoms. The van der Waals surface area contributed by atoms with E-state index in [9.17, 15) is 17.6 Å². The van der Waals surface area contributed by atoms with Crippen molar-refractivity contribution in [2.24, 2.45) is 0 Å². The number of aryl methyl sites for hydroxylation is 2. The van der Waals surface area contributed by atoms with Crippen LogP contribution >= 0.6 is 11.6 Å². The maximum Gasteiger partial charge on any atom is 0.275 e. The SMILES string of the molecule is CS(=O)(=O)c1ccc(-c2cnn(CCc3ccccc3)c(=O)c2-c2ccc(F)c(Cl)c2)cc1. The van der Waals surface area contributed by atoms with Gasteiger partial charge in [0.2, 0.25) is 0 Å². The molecule has 0 radical (unpaired) electrons. The van der Waals surface area contributed by atoms with Gasteiger partial charge in [0.15, 0.2) is 9.84 Å². The van der Waals surface area contributed by atoms with Crippen LogP contribution in [0.1, 0.15) is 5.56 Å². The minimum atomic E-state index is -3.36. The molecule has 1 heterocycles. The molecule has 4 rings (SSSR count). The maximum absolute atomic E-state index is 13.8. The number of rotatable bonds is 6. The quantitative estimate of drug-likeness (QED) is 0.387. The standard InChI is InChI=1S/C25H20ClFN2O3S/c1-33(31,32)20-10-7-18(8-11-20)21-16-28-29(14-13-17-5-3-2-4-6-17)25(30)24(21)19-9-12-23(27)22(26)15-19/h2-12,15-16H,13-14H2,1H3. The van der Waals surface area contributed by atoms with E-state index in [0.29, 0.717) is 35.2 Å². The van der Waals surface area contributed by atoms with Crippen LogP contribution in [0.15, 0.2) is 88.7 Å². The predicted octanol–water partition coefficient (Wildman–Crippen LogP) is 5.02. The molecule has 0 fully saturated rings. The van der Waals surface area contributed by atoms with Gasteiger partial charge in [-0.1, -0.05) is 60.1 Å². The van der Waals surface area contributed by atoms with Crippen molar-refractivity contribution >= 4 is 21.4 Å². The zero-order chi connectivity index (χ0) is 23.6. The number of hydrogen-bond donors (Lipinski definition) is 0. The molecule has 4 aromatic rings. The lowest BCUT2D eigenvalue weighted by molar-refractivity contribution is 0.580. The van der Waals surface area contributed by atoms with Crippen LogP contribution in [0, 0.1) is 5.82 Å². The van der Waals surface area contributed by atoms with Gasteiger partial charge in [-0.2, -0.15) is 5.10 Å². The smallest absolute Gasteiger partial charge is 0.267 e. The van der Waals surface area contributed by atoms with Crippen LogP contribution < -0.4 is 5.56 Å². The van der Waals surface area contributed by atoms with Crippen molar-refractivity contribution < 1.29 is 12.8 Å². The Morgan fingerprint density at radius 1 is 0.970 bits per heavy atom. The summed E-state index contributed by atoms with van der Waals surface area (Å²) in [7, 11) is -3.36. The van der Waals surface area contributed by atoms with E-state index >= 15 is 0 Å². The van der Waals surface area contributed by atoms with E-state index in [1.807, 2.05) is 30.3 Å². The summed E-state index contributed by atoms with van der Waals surface area (Å²) in [5.41, 5.74) is 2.59. The topological polar surface area (TPSA) is 69.0 Å². The van der Waals surface area contributed by atoms with Crippen molar-refractivity contribution in [3.8, 4) is 22.3 Å². The summed E-state index contributed by atoms with van der Waals surface area (Å²) in [5.74, 6) is -0.585. The van der Waals surface area contributed by atoms with Crippen LogP contribution in [0.3, 0.4) is 0 Å². The maximum atomic E-state index is 13.8. The lowest BCUT2D eigenvalue weighted by Crippen LogP contribution is -2.26. The van der Waals surface area contributed by atoms with Gasteiger partial charge >= 0.3 is 0 Å². The highest BCUT2D eigenvalue weighted by Gasteiger charge is 2.17. The van der Waals surface area contributed by atoms with Gasteiger partial charge in [-0.25, -0.2) is 17.5 Å². The van der Waals surface area contributed by atoms with Crippen molar-refractivity contribution in [3.05, 3.63) is 106 Å². The third-order valence-corrected chi connectivity index (χ3v) is 6.72. The Kier molecular flexibility index (Phi) is 6.44. The van der Waals surface area contributed by atoms with E-state index in [1.165, 1.54) is 35.0 Å². The first kappa shape index (κ1) is 22.9. The van der Waals surface area contributed by atoms with Crippen LogP contribution in [0.4, 0.5) is 4.39 Å². The number of sulfone groups is 1. The number of hydrogen-bond acceptors (Lipinski definition) is 4. The van der Waals surface area contributed by atoms with Gasteiger partial charge in [0.25, 0.3) is 5.56 Å². The molecular formula is C25H20ClFN2O3S. The Balaban J connectivity index is 1.83. The molecule has 168 valence electrons. The van der Waals surface area contributed by atoms with Gasteiger partial charge in [-0.15, -0.1) is 0 Å². The summed E-state index contributed by atoms with van der Waals surface area (Å²) in [6.45, 7) is 0.359. The minimum absolute atomic E-state index is 0.0991. The third-order valence-electron chi connectivity index (χ3n) is 5.30. The van der Waals surface area contributed by atoms with Gasteiger partial charge in [0, 0.05) is 18.4 Å². The Morgan fingerprint density at radius 2 is 1.64 bits per heavy atom. The number of halogens is 2. The second-order valence-corrected chi connectivity index (χ2v) is 10.0. The van der Waals surface area contributed by atoms with Crippen LogP contribution in [-0.4, -0.2) is 24.5 Å². The van der Waals surface area contributed by atoms with E-state index in [0.717, 1.165) is 11.8 Å². The second-order valence-electron chi connectivity index (χ2n) is 7.62. The van der Waals surface area contributed by atoms with E-state index in [-0.39, 0.29) is 15.5 Å². The zero-order valence-corrected chi connectivity index (χ0v) is 19.3. The minimum Gasteiger partial charge on any atom is -0.267 e. The average Bonchev–Trinajstić information content (AvgIpc) is 2.80. The Morgan fingerprint density at radius 3 is 2.27 bits per heavy atom. The van der Waals surface area contributed by atoms with E-state index in [1.54, 1.807) is 18.3 Å². The number of nitrogens with zero attached hydrogens (tertiary/aromatic N) is 2. The van der Waals surface area contributed by atoms with Gasteiger partial charge in [0.1, 0.15) is 5.82 Å². The normalized spacial score (nSPS) is 11.5. The highest BCUT2D eigenvalue weighted by atomic mass is 35.5. The summed E-state index contributed by atoms with van der Waals surface area (Å²) < 4.78 is 38.8. The second kappa shape index (κ2) is 9.29.